The Morgan fingerprint density at radius 3 is 2.08 bits per heavy atom. The van der Waals surface area contributed by atoms with Crippen molar-refractivity contribution in [2.24, 2.45) is 23.2 Å². The zero-order valence-electron chi connectivity index (χ0n) is 17.1. The van der Waals surface area contributed by atoms with E-state index in [9.17, 15) is 5.11 Å². The van der Waals surface area contributed by atoms with Crippen molar-refractivity contribution < 1.29 is 9.84 Å². The summed E-state index contributed by atoms with van der Waals surface area (Å²) in [6, 6.07) is 0. The lowest BCUT2D eigenvalue weighted by Crippen LogP contribution is -2.32. The van der Waals surface area contributed by atoms with Crippen LogP contribution < -0.4 is 0 Å². The van der Waals surface area contributed by atoms with Crippen LogP contribution in [0.15, 0.2) is 0 Å². The molecule has 1 rings (SSSR count). The number of hydrogen-bond acceptors (Lipinski definition) is 2. The van der Waals surface area contributed by atoms with Crippen LogP contribution in [0.4, 0.5) is 0 Å². The molecule has 0 aromatic heterocycles. The maximum absolute atomic E-state index is 9.86. The Bertz CT molecular complexity index is 331. The smallest absolute Gasteiger partial charge is 0.0580 e. The van der Waals surface area contributed by atoms with Crippen molar-refractivity contribution in [3.05, 3.63) is 0 Å². The molecule has 0 aromatic carbocycles. The van der Waals surface area contributed by atoms with Crippen molar-refractivity contribution in [1.29, 1.82) is 0 Å². The van der Waals surface area contributed by atoms with Gasteiger partial charge in [-0.15, -0.1) is 9.24 Å². The van der Waals surface area contributed by atoms with E-state index in [1.165, 1.54) is 32.1 Å². The first-order chi connectivity index (χ1) is 11.2. The summed E-state index contributed by atoms with van der Waals surface area (Å²) in [6.07, 6.45) is 9.04. The molecular weight excluding hydrogens is 315 g/mol. The third kappa shape index (κ3) is 7.30. The first-order valence-electron chi connectivity index (χ1n) is 10.2. The van der Waals surface area contributed by atoms with Gasteiger partial charge in [-0.2, -0.15) is 0 Å². The average molecular weight is 359 g/mol. The van der Waals surface area contributed by atoms with Gasteiger partial charge in [0, 0.05) is 0 Å². The summed E-state index contributed by atoms with van der Waals surface area (Å²) in [5, 5.41) is 9.86. The van der Waals surface area contributed by atoms with Gasteiger partial charge in [-0.05, 0) is 67.9 Å². The fraction of sp³-hybridized carbons (Fsp3) is 1.00. The number of aliphatic hydroxyl groups excluding tert-OH is 1. The minimum absolute atomic E-state index is 0.175. The van der Waals surface area contributed by atoms with Crippen LogP contribution in [0, 0.1) is 23.2 Å². The van der Waals surface area contributed by atoms with Crippen molar-refractivity contribution in [3.63, 3.8) is 0 Å². The highest BCUT2D eigenvalue weighted by atomic mass is 31.0. The average Bonchev–Trinajstić information content (AvgIpc) is 2.56. The highest BCUT2D eigenvalue weighted by Crippen LogP contribution is 2.37. The zero-order chi connectivity index (χ0) is 18.3. The summed E-state index contributed by atoms with van der Waals surface area (Å²) in [7, 11) is 2.99. The van der Waals surface area contributed by atoms with Crippen LogP contribution in [-0.2, 0) is 4.74 Å². The molecule has 0 saturated heterocycles. The van der Waals surface area contributed by atoms with Crippen LogP contribution in [0.3, 0.4) is 0 Å². The van der Waals surface area contributed by atoms with Crippen molar-refractivity contribution in [2.75, 3.05) is 6.61 Å². The van der Waals surface area contributed by atoms with Gasteiger partial charge in [0.1, 0.15) is 0 Å². The number of hydrogen-bond donors (Lipinski definition) is 1. The SMILES string of the molecule is CCC1CC(CC)CC(OCC(P)CCC(C)(C)C(C)C(C)O)C1. The highest BCUT2D eigenvalue weighted by Gasteiger charge is 2.30. The van der Waals surface area contributed by atoms with Gasteiger partial charge in [-0.1, -0.05) is 47.5 Å². The maximum atomic E-state index is 9.86. The van der Waals surface area contributed by atoms with Crippen molar-refractivity contribution in [3.8, 4) is 0 Å². The fourth-order valence-corrected chi connectivity index (χ4v) is 4.37. The molecule has 0 amide bonds. The van der Waals surface area contributed by atoms with Gasteiger partial charge in [0.25, 0.3) is 0 Å². The molecule has 24 heavy (non-hydrogen) atoms. The van der Waals surface area contributed by atoms with E-state index in [4.69, 9.17) is 4.74 Å². The second kappa shape index (κ2) is 10.5. The molecule has 0 radical (unpaired) electrons. The Balaban J connectivity index is 2.36. The largest absolute Gasteiger partial charge is 0.393 e. The Kier molecular flexibility index (Phi) is 9.78. The molecule has 2 nitrogen and oxygen atoms in total. The van der Waals surface area contributed by atoms with Crippen molar-refractivity contribution in [2.45, 2.75) is 104 Å². The first-order valence-corrected chi connectivity index (χ1v) is 10.9. The summed E-state index contributed by atoms with van der Waals surface area (Å²) in [5.41, 5.74) is 0.696. The Morgan fingerprint density at radius 2 is 1.62 bits per heavy atom. The van der Waals surface area contributed by atoms with Crippen LogP contribution in [0.2, 0.25) is 0 Å². The molecule has 1 aliphatic carbocycles. The number of rotatable bonds is 10. The zero-order valence-corrected chi connectivity index (χ0v) is 18.2. The van der Waals surface area contributed by atoms with E-state index in [1.807, 2.05) is 6.92 Å². The second-order valence-electron chi connectivity index (χ2n) is 9.03. The molecule has 0 aliphatic heterocycles. The van der Waals surface area contributed by atoms with Crippen LogP contribution in [0.25, 0.3) is 0 Å². The lowest BCUT2D eigenvalue weighted by molar-refractivity contribution is -0.00746. The van der Waals surface area contributed by atoms with E-state index in [2.05, 4.69) is 43.9 Å². The van der Waals surface area contributed by atoms with Gasteiger partial charge >= 0.3 is 0 Å². The van der Waals surface area contributed by atoms with Gasteiger partial charge < -0.3 is 9.84 Å². The highest BCUT2D eigenvalue weighted by molar-refractivity contribution is 7.17. The predicted molar refractivity (Wildman–Crippen MR) is 109 cm³/mol. The minimum Gasteiger partial charge on any atom is -0.393 e. The Morgan fingerprint density at radius 1 is 1.08 bits per heavy atom. The monoisotopic (exact) mass is 358 g/mol. The molecule has 1 aliphatic rings. The van der Waals surface area contributed by atoms with E-state index >= 15 is 0 Å². The number of ether oxygens (including phenoxy) is 1. The van der Waals surface area contributed by atoms with Gasteiger partial charge in [-0.25, -0.2) is 0 Å². The molecule has 1 fully saturated rings. The van der Waals surface area contributed by atoms with Crippen LogP contribution in [0.1, 0.15) is 86.5 Å². The molecule has 1 N–H and O–H groups in total. The van der Waals surface area contributed by atoms with E-state index in [0.29, 0.717) is 17.7 Å². The normalized spacial score (nSPS) is 29.2. The van der Waals surface area contributed by atoms with Crippen LogP contribution >= 0.6 is 9.24 Å². The van der Waals surface area contributed by atoms with E-state index < -0.39 is 0 Å². The quantitative estimate of drug-likeness (QED) is 0.509. The maximum Gasteiger partial charge on any atom is 0.0580 e. The predicted octanol–water partition coefficient (Wildman–Crippen LogP) is 5.67. The van der Waals surface area contributed by atoms with Crippen LogP contribution in [0.5, 0.6) is 0 Å². The van der Waals surface area contributed by atoms with Gasteiger partial charge in [0.2, 0.25) is 0 Å². The molecule has 6 atom stereocenters. The first kappa shape index (κ1) is 22.4. The van der Waals surface area contributed by atoms with Crippen molar-refractivity contribution >= 4 is 9.24 Å². The molecule has 0 heterocycles. The Labute approximate surface area is 153 Å². The molecule has 0 spiro atoms. The molecule has 3 heteroatoms. The molecular formula is C21H43O2P. The van der Waals surface area contributed by atoms with Gasteiger partial charge in [-0.3, -0.25) is 0 Å². The van der Waals surface area contributed by atoms with E-state index in [1.54, 1.807) is 0 Å². The summed E-state index contributed by atoms with van der Waals surface area (Å²) < 4.78 is 6.31. The summed E-state index contributed by atoms with van der Waals surface area (Å²) in [6.45, 7) is 14.1. The molecule has 144 valence electrons. The molecule has 1 saturated carbocycles. The lowest BCUT2D eigenvalue weighted by Gasteiger charge is -2.36. The topological polar surface area (TPSA) is 29.5 Å². The third-order valence-electron chi connectivity index (χ3n) is 6.68. The summed E-state index contributed by atoms with van der Waals surface area (Å²) >= 11 is 0. The van der Waals surface area contributed by atoms with Crippen molar-refractivity contribution in [1.82, 2.24) is 0 Å². The Hall–Kier alpha value is 0.350. The summed E-state index contributed by atoms with van der Waals surface area (Å²) in [4.78, 5) is 0. The molecule has 0 bridgehead atoms. The molecule has 0 aromatic rings. The number of aliphatic hydroxyl groups is 1. The summed E-state index contributed by atoms with van der Waals surface area (Å²) in [5.74, 6) is 2.05. The van der Waals surface area contributed by atoms with E-state index in [-0.39, 0.29) is 11.5 Å². The second-order valence-corrected chi connectivity index (χ2v) is 9.97. The molecule has 6 unspecified atom stereocenters. The van der Waals surface area contributed by atoms with Gasteiger partial charge in [0.05, 0.1) is 18.8 Å². The fourth-order valence-electron chi connectivity index (χ4n) is 4.09. The lowest BCUT2D eigenvalue weighted by atomic mass is 9.74. The van der Waals surface area contributed by atoms with E-state index in [0.717, 1.165) is 31.3 Å². The minimum atomic E-state index is -0.238. The van der Waals surface area contributed by atoms with Gasteiger partial charge in [0.15, 0.2) is 0 Å². The third-order valence-corrected chi connectivity index (χ3v) is 7.20. The van der Waals surface area contributed by atoms with Crippen LogP contribution in [-0.4, -0.2) is 29.6 Å². The standard InChI is InChI=1S/C21H43O2P/c1-7-17-11-18(8-2)13-19(12-17)23-14-20(24)9-10-21(5,6)15(3)16(4)22/h15-20,22H,7-14,24H2,1-6H3.